The molecule has 164 valence electrons. The molecule has 8 heteroatoms. The molecule has 2 rings (SSSR count). The van der Waals surface area contributed by atoms with Crippen LogP contribution in [0.5, 0.6) is 11.5 Å². The lowest BCUT2D eigenvalue weighted by Crippen LogP contribution is -2.27. The average Bonchev–Trinajstić information content (AvgIpc) is 2.69. The van der Waals surface area contributed by atoms with Gasteiger partial charge in [-0.15, -0.1) is 0 Å². The number of carboxylic acid groups (broad SMARTS) is 1. The van der Waals surface area contributed by atoms with Crippen LogP contribution in [0.15, 0.2) is 41.3 Å². The summed E-state index contributed by atoms with van der Waals surface area (Å²) in [5.41, 5.74) is 1.30. The molecule has 0 atom stereocenters. The van der Waals surface area contributed by atoms with Gasteiger partial charge in [0.2, 0.25) is 10.0 Å². The minimum absolute atomic E-state index is 0.0542. The van der Waals surface area contributed by atoms with Gasteiger partial charge in [-0.25, -0.2) is 18.4 Å². The molecule has 0 aromatic heterocycles. The minimum Gasteiger partial charge on any atom is -0.478 e. The van der Waals surface area contributed by atoms with Crippen LogP contribution in [-0.2, 0) is 10.0 Å². The summed E-state index contributed by atoms with van der Waals surface area (Å²) < 4.78 is 30.7. The number of carbonyl (C=O) groups is 1. The maximum atomic E-state index is 12.4. The molecular weight excluding hydrogens is 404 g/mol. The number of aromatic carboxylic acids is 1. The number of unbranched alkanes of at least 4 members (excludes halogenated alkanes) is 2. The van der Waals surface area contributed by atoms with Gasteiger partial charge in [0.15, 0.2) is 5.75 Å². The molecule has 0 saturated carbocycles. The van der Waals surface area contributed by atoms with Crippen molar-refractivity contribution in [3.63, 3.8) is 0 Å². The van der Waals surface area contributed by atoms with Crippen LogP contribution in [0, 0.1) is 6.92 Å². The van der Waals surface area contributed by atoms with Gasteiger partial charge in [0, 0.05) is 13.1 Å². The van der Waals surface area contributed by atoms with Crippen LogP contribution in [0.2, 0.25) is 0 Å². The van der Waals surface area contributed by atoms with E-state index in [1.54, 1.807) is 12.1 Å². The normalized spacial score (nSPS) is 11.3. The second kappa shape index (κ2) is 10.4. The fourth-order valence-corrected chi connectivity index (χ4v) is 3.73. The number of nitrogens with zero attached hydrogens (tertiary/aromatic N) is 1. The van der Waals surface area contributed by atoms with Crippen molar-refractivity contribution in [3.05, 3.63) is 47.5 Å². The third-order valence-corrected chi connectivity index (χ3v) is 5.65. The standard InChI is InChI=1S/C22H30N2O5S/c1-4-6-12-24(13-7-5-2)19-14-17(22(25)26)15-20(30(23,27)28)21(19)29-18-10-8-16(3)9-11-18/h8-11,14-15H,4-7,12-13H2,1-3H3,(H,25,26)(H2,23,27,28). The molecule has 3 N–H and O–H groups in total. The number of carboxylic acids is 1. The van der Waals surface area contributed by atoms with E-state index in [1.807, 2.05) is 24.0 Å². The van der Waals surface area contributed by atoms with Gasteiger partial charge >= 0.3 is 5.97 Å². The highest BCUT2D eigenvalue weighted by Gasteiger charge is 2.26. The zero-order chi connectivity index (χ0) is 22.3. The van der Waals surface area contributed by atoms with E-state index >= 15 is 0 Å². The van der Waals surface area contributed by atoms with Gasteiger partial charge in [-0.2, -0.15) is 0 Å². The third kappa shape index (κ3) is 6.21. The second-order valence-corrected chi connectivity index (χ2v) is 8.81. The monoisotopic (exact) mass is 434 g/mol. The molecule has 7 nitrogen and oxygen atoms in total. The molecule has 0 radical (unpaired) electrons. The van der Waals surface area contributed by atoms with E-state index in [2.05, 4.69) is 13.8 Å². The van der Waals surface area contributed by atoms with Crippen molar-refractivity contribution in [2.75, 3.05) is 18.0 Å². The van der Waals surface area contributed by atoms with Gasteiger partial charge in [-0.05, 0) is 44.0 Å². The van der Waals surface area contributed by atoms with Crippen molar-refractivity contribution in [2.24, 2.45) is 5.14 Å². The number of hydrogen-bond donors (Lipinski definition) is 2. The van der Waals surface area contributed by atoms with Crippen LogP contribution in [0.4, 0.5) is 5.69 Å². The van der Waals surface area contributed by atoms with E-state index in [0.29, 0.717) is 24.5 Å². The first-order valence-electron chi connectivity index (χ1n) is 10.1. The van der Waals surface area contributed by atoms with Crippen LogP contribution >= 0.6 is 0 Å². The van der Waals surface area contributed by atoms with Gasteiger partial charge in [0.1, 0.15) is 10.6 Å². The minimum atomic E-state index is -4.23. The summed E-state index contributed by atoms with van der Waals surface area (Å²) in [6.07, 6.45) is 3.63. The molecule has 0 aliphatic rings. The Bertz CT molecular complexity index is 964. The largest absolute Gasteiger partial charge is 0.478 e. The van der Waals surface area contributed by atoms with Crippen molar-refractivity contribution in [1.29, 1.82) is 0 Å². The highest BCUT2D eigenvalue weighted by Crippen LogP contribution is 2.39. The van der Waals surface area contributed by atoms with Crippen LogP contribution in [-0.4, -0.2) is 32.6 Å². The Balaban J connectivity index is 2.71. The van der Waals surface area contributed by atoms with Gasteiger partial charge < -0.3 is 14.7 Å². The number of ether oxygens (including phenoxy) is 1. The van der Waals surface area contributed by atoms with Gasteiger partial charge in [0.05, 0.1) is 11.3 Å². The van der Waals surface area contributed by atoms with Crippen molar-refractivity contribution in [3.8, 4) is 11.5 Å². The van der Waals surface area contributed by atoms with Gasteiger partial charge in [0.25, 0.3) is 0 Å². The molecule has 0 saturated heterocycles. The summed E-state index contributed by atoms with van der Waals surface area (Å²) in [6.45, 7) is 7.35. The molecule has 2 aromatic carbocycles. The maximum absolute atomic E-state index is 12.4. The van der Waals surface area contributed by atoms with E-state index in [0.717, 1.165) is 37.3 Å². The highest BCUT2D eigenvalue weighted by atomic mass is 32.2. The Morgan fingerprint density at radius 3 is 2.10 bits per heavy atom. The number of aryl methyl sites for hydroxylation is 1. The molecule has 0 heterocycles. The molecule has 0 unspecified atom stereocenters. The molecule has 0 aliphatic heterocycles. The molecular formula is C22H30N2O5S. The lowest BCUT2D eigenvalue weighted by Gasteiger charge is -2.28. The average molecular weight is 435 g/mol. The number of sulfonamides is 1. The summed E-state index contributed by atoms with van der Waals surface area (Å²) in [5.74, 6) is -0.728. The quantitative estimate of drug-likeness (QED) is 0.537. The topological polar surface area (TPSA) is 110 Å². The smallest absolute Gasteiger partial charge is 0.335 e. The predicted molar refractivity (Wildman–Crippen MR) is 118 cm³/mol. The number of rotatable bonds is 11. The van der Waals surface area contributed by atoms with Gasteiger partial charge in [-0.3, -0.25) is 0 Å². The second-order valence-electron chi connectivity index (χ2n) is 7.28. The van der Waals surface area contributed by atoms with Gasteiger partial charge in [-0.1, -0.05) is 44.4 Å². The third-order valence-electron chi connectivity index (χ3n) is 4.73. The molecule has 30 heavy (non-hydrogen) atoms. The number of benzene rings is 2. The van der Waals surface area contributed by atoms with Crippen LogP contribution in [0.3, 0.4) is 0 Å². The summed E-state index contributed by atoms with van der Waals surface area (Å²) in [4.78, 5) is 13.3. The zero-order valence-corrected chi connectivity index (χ0v) is 18.5. The van der Waals surface area contributed by atoms with Crippen LogP contribution in [0.1, 0.15) is 55.5 Å². The highest BCUT2D eigenvalue weighted by molar-refractivity contribution is 7.89. The summed E-state index contributed by atoms with van der Waals surface area (Å²) in [7, 11) is -4.23. The molecule has 0 spiro atoms. The first-order chi connectivity index (χ1) is 14.2. The number of hydrogen-bond acceptors (Lipinski definition) is 5. The molecule has 2 aromatic rings. The van der Waals surface area contributed by atoms with Crippen molar-refractivity contribution < 1.29 is 23.1 Å². The summed E-state index contributed by atoms with van der Waals surface area (Å²) in [6, 6.07) is 9.69. The zero-order valence-electron chi connectivity index (χ0n) is 17.7. The molecule has 0 aliphatic carbocycles. The van der Waals surface area contributed by atoms with Crippen molar-refractivity contribution in [1.82, 2.24) is 0 Å². The Labute approximate surface area is 178 Å². The first kappa shape index (κ1) is 23.7. The summed E-state index contributed by atoms with van der Waals surface area (Å²) in [5, 5.41) is 15.0. The molecule has 0 bridgehead atoms. The van der Waals surface area contributed by atoms with Crippen molar-refractivity contribution >= 4 is 21.7 Å². The first-order valence-corrected chi connectivity index (χ1v) is 11.7. The predicted octanol–water partition coefficient (Wildman–Crippen LogP) is 4.54. The molecule has 0 fully saturated rings. The number of anilines is 1. The SMILES string of the molecule is CCCCN(CCCC)c1cc(C(=O)O)cc(S(N)(=O)=O)c1Oc1ccc(C)cc1. The van der Waals surface area contributed by atoms with E-state index < -0.39 is 16.0 Å². The lowest BCUT2D eigenvalue weighted by molar-refractivity contribution is 0.0696. The number of nitrogens with two attached hydrogens (primary N) is 1. The Hall–Kier alpha value is -2.58. The maximum Gasteiger partial charge on any atom is 0.335 e. The fourth-order valence-electron chi connectivity index (χ4n) is 3.03. The fraction of sp³-hybridized carbons (Fsp3) is 0.409. The lowest BCUT2D eigenvalue weighted by atomic mass is 10.1. The summed E-state index contributed by atoms with van der Waals surface area (Å²) >= 11 is 0. The van der Waals surface area contributed by atoms with Crippen LogP contribution < -0.4 is 14.8 Å². The van der Waals surface area contributed by atoms with E-state index in [4.69, 9.17) is 9.88 Å². The number of primary sulfonamides is 1. The Kier molecular flexibility index (Phi) is 8.25. The van der Waals surface area contributed by atoms with E-state index in [9.17, 15) is 18.3 Å². The van der Waals surface area contributed by atoms with Crippen LogP contribution in [0.25, 0.3) is 0 Å². The van der Waals surface area contributed by atoms with Crippen molar-refractivity contribution in [2.45, 2.75) is 51.3 Å². The Morgan fingerprint density at radius 2 is 1.63 bits per heavy atom. The van der Waals surface area contributed by atoms with E-state index in [1.165, 1.54) is 6.07 Å². The Morgan fingerprint density at radius 1 is 1.07 bits per heavy atom. The van der Waals surface area contributed by atoms with E-state index in [-0.39, 0.29) is 16.2 Å². The molecule has 0 amide bonds.